The highest BCUT2D eigenvalue weighted by Crippen LogP contribution is 2.51. The largest absolute Gasteiger partial charge is 0.496 e. The van der Waals surface area contributed by atoms with Crippen LogP contribution in [0.2, 0.25) is 0 Å². The van der Waals surface area contributed by atoms with Gasteiger partial charge in [0.15, 0.2) is 0 Å². The fourth-order valence-corrected chi connectivity index (χ4v) is 2.36. The first-order valence-corrected chi connectivity index (χ1v) is 6.66. The Bertz CT molecular complexity index is 473. The standard InChI is InChI=1S/C11H9Br2F5O/c1-5-3-8(19-2)6(4-7(5)12)9(13)10(14,15)11(16,17)18/h3-4,9H,1-2H3. The first-order valence-electron chi connectivity index (χ1n) is 4.95. The van der Waals surface area contributed by atoms with Gasteiger partial charge in [-0.1, -0.05) is 31.9 Å². The van der Waals surface area contributed by atoms with Crippen molar-refractivity contribution in [3.8, 4) is 5.75 Å². The molecule has 0 saturated carbocycles. The number of rotatable bonds is 3. The Morgan fingerprint density at radius 3 is 2.11 bits per heavy atom. The van der Waals surface area contributed by atoms with E-state index >= 15 is 0 Å². The van der Waals surface area contributed by atoms with Gasteiger partial charge in [-0.25, -0.2) is 0 Å². The van der Waals surface area contributed by atoms with Gasteiger partial charge in [-0.3, -0.25) is 0 Å². The van der Waals surface area contributed by atoms with Crippen LogP contribution < -0.4 is 4.74 Å². The van der Waals surface area contributed by atoms with E-state index in [1.807, 2.05) is 0 Å². The second-order valence-corrected chi connectivity index (χ2v) is 5.60. The molecule has 108 valence electrons. The summed E-state index contributed by atoms with van der Waals surface area (Å²) in [7, 11) is 1.21. The van der Waals surface area contributed by atoms with E-state index in [0.29, 0.717) is 10.0 Å². The quantitative estimate of drug-likeness (QED) is 0.478. The van der Waals surface area contributed by atoms with Crippen LogP contribution in [0.5, 0.6) is 5.75 Å². The van der Waals surface area contributed by atoms with Crippen molar-refractivity contribution in [2.75, 3.05) is 7.11 Å². The summed E-state index contributed by atoms with van der Waals surface area (Å²) in [5.74, 6) is -4.94. The van der Waals surface area contributed by atoms with Gasteiger partial charge in [-0.2, -0.15) is 22.0 Å². The lowest BCUT2D eigenvalue weighted by Gasteiger charge is -2.26. The van der Waals surface area contributed by atoms with Gasteiger partial charge in [0.25, 0.3) is 0 Å². The molecule has 1 aromatic carbocycles. The SMILES string of the molecule is COc1cc(C)c(Br)cc1C(Br)C(F)(F)C(F)(F)F. The second kappa shape index (κ2) is 5.55. The number of ether oxygens (including phenoxy) is 1. The molecule has 0 radical (unpaired) electrons. The van der Waals surface area contributed by atoms with E-state index in [1.165, 1.54) is 19.2 Å². The van der Waals surface area contributed by atoms with Crippen molar-refractivity contribution >= 4 is 31.9 Å². The molecular formula is C11H9Br2F5O. The van der Waals surface area contributed by atoms with Crippen molar-refractivity contribution in [3.63, 3.8) is 0 Å². The Balaban J connectivity index is 3.34. The van der Waals surface area contributed by atoms with Crippen LogP contribution in [-0.4, -0.2) is 19.2 Å². The third kappa shape index (κ3) is 3.21. The number of hydrogen-bond acceptors (Lipinski definition) is 1. The summed E-state index contributed by atoms with van der Waals surface area (Å²) < 4.78 is 69.0. The molecule has 0 aromatic heterocycles. The maximum Gasteiger partial charge on any atom is 0.454 e. The summed E-state index contributed by atoms with van der Waals surface area (Å²) >= 11 is 5.52. The van der Waals surface area contributed by atoms with Gasteiger partial charge in [0.2, 0.25) is 0 Å². The van der Waals surface area contributed by atoms with Crippen molar-refractivity contribution in [3.05, 3.63) is 27.7 Å². The third-order valence-corrected chi connectivity index (χ3v) is 4.40. The predicted octanol–water partition coefficient (Wildman–Crippen LogP) is 5.40. The Morgan fingerprint density at radius 2 is 1.68 bits per heavy atom. The molecule has 0 heterocycles. The van der Waals surface area contributed by atoms with Crippen LogP contribution in [0.1, 0.15) is 16.0 Å². The molecule has 0 aliphatic rings. The molecule has 1 rings (SSSR count). The fourth-order valence-electron chi connectivity index (χ4n) is 1.38. The average molecular weight is 412 g/mol. The van der Waals surface area contributed by atoms with Crippen LogP contribution in [0.3, 0.4) is 0 Å². The smallest absolute Gasteiger partial charge is 0.454 e. The van der Waals surface area contributed by atoms with Gasteiger partial charge in [-0.05, 0) is 24.6 Å². The van der Waals surface area contributed by atoms with E-state index in [4.69, 9.17) is 4.74 Å². The van der Waals surface area contributed by atoms with Gasteiger partial charge in [0, 0.05) is 10.0 Å². The van der Waals surface area contributed by atoms with Crippen molar-refractivity contribution in [1.29, 1.82) is 0 Å². The number of alkyl halides is 6. The second-order valence-electron chi connectivity index (χ2n) is 3.83. The van der Waals surface area contributed by atoms with E-state index in [9.17, 15) is 22.0 Å². The van der Waals surface area contributed by atoms with E-state index in [1.54, 1.807) is 6.92 Å². The fraction of sp³-hybridized carbons (Fsp3) is 0.455. The number of benzene rings is 1. The summed E-state index contributed by atoms with van der Waals surface area (Å²) in [6, 6.07) is 2.58. The molecule has 0 aliphatic heterocycles. The van der Waals surface area contributed by atoms with Crippen molar-refractivity contribution in [2.45, 2.75) is 23.8 Å². The molecule has 19 heavy (non-hydrogen) atoms. The van der Waals surface area contributed by atoms with Gasteiger partial charge < -0.3 is 4.74 Å². The third-order valence-electron chi connectivity index (χ3n) is 2.48. The summed E-state index contributed by atoms with van der Waals surface area (Å²) in [5.41, 5.74) is 0.387. The van der Waals surface area contributed by atoms with Gasteiger partial charge >= 0.3 is 12.1 Å². The Hall–Kier alpha value is -0.370. The highest BCUT2D eigenvalue weighted by atomic mass is 79.9. The zero-order valence-corrected chi connectivity index (χ0v) is 13.0. The monoisotopic (exact) mass is 410 g/mol. The first-order chi connectivity index (χ1) is 8.52. The molecule has 0 amide bonds. The molecule has 1 nitrogen and oxygen atoms in total. The van der Waals surface area contributed by atoms with Crippen LogP contribution in [0.15, 0.2) is 16.6 Å². The zero-order valence-electron chi connectivity index (χ0n) is 9.79. The summed E-state index contributed by atoms with van der Waals surface area (Å²) in [6.07, 6.45) is -5.65. The number of aryl methyl sites for hydroxylation is 1. The molecular weight excluding hydrogens is 403 g/mol. The van der Waals surface area contributed by atoms with Crippen LogP contribution in [-0.2, 0) is 0 Å². The molecule has 0 fully saturated rings. The van der Waals surface area contributed by atoms with Crippen molar-refractivity contribution < 1.29 is 26.7 Å². The van der Waals surface area contributed by atoms with E-state index in [2.05, 4.69) is 31.9 Å². The first kappa shape index (κ1) is 16.7. The van der Waals surface area contributed by atoms with Gasteiger partial charge in [-0.15, -0.1) is 0 Å². The summed E-state index contributed by atoms with van der Waals surface area (Å²) in [5, 5.41) is 0. The van der Waals surface area contributed by atoms with Crippen LogP contribution in [0.4, 0.5) is 22.0 Å². The highest BCUT2D eigenvalue weighted by Gasteiger charge is 2.62. The molecule has 0 aliphatic carbocycles. The van der Waals surface area contributed by atoms with Crippen LogP contribution in [0.25, 0.3) is 0 Å². The van der Waals surface area contributed by atoms with Crippen molar-refractivity contribution in [2.24, 2.45) is 0 Å². The molecule has 1 atom stereocenters. The maximum atomic E-state index is 13.3. The molecule has 0 N–H and O–H groups in total. The molecule has 0 spiro atoms. The number of methoxy groups -OCH3 is 1. The number of halogens is 7. The molecule has 0 saturated heterocycles. The minimum Gasteiger partial charge on any atom is -0.496 e. The summed E-state index contributed by atoms with van der Waals surface area (Å²) in [4.78, 5) is -2.23. The molecule has 0 bridgehead atoms. The lowest BCUT2D eigenvalue weighted by atomic mass is 10.0. The highest BCUT2D eigenvalue weighted by molar-refractivity contribution is 9.10. The maximum absolute atomic E-state index is 13.3. The van der Waals surface area contributed by atoms with Crippen LogP contribution in [0, 0.1) is 6.92 Å². The lowest BCUT2D eigenvalue weighted by molar-refractivity contribution is -0.281. The minimum absolute atomic E-state index is 0.0356. The van der Waals surface area contributed by atoms with E-state index in [0.717, 1.165) is 0 Å². The van der Waals surface area contributed by atoms with Gasteiger partial charge in [0.1, 0.15) is 10.6 Å². The minimum atomic E-state index is -5.65. The lowest BCUT2D eigenvalue weighted by Crippen LogP contribution is -2.40. The molecule has 1 unspecified atom stereocenters. The van der Waals surface area contributed by atoms with Gasteiger partial charge in [0.05, 0.1) is 7.11 Å². The molecule has 8 heteroatoms. The zero-order chi connectivity index (χ0) is 15.0. The average Bonchev–Trinajstić information content (AvgIpc) is 2.29. The number of hydrogen-bond donors (Lipinski definition) is 0. The Morgan fingerprint density at radius 1 is 1.16 bits per heavy atom. The Labute approximate surface area is 123 Å². The summed E-state index contributed by atoms with van der Waals surface area (Å²) in [6.45, 7) is 1.67. The normalized spacial score (nSPS) is 14.4. The topological polar surface area (TPSA) is 9.23 Å². The Kier molecular flexibility index (Phi) is 4.88. The van der Waals surface area contributed by atoms with E-state index < -0.39 is 16.9 Å². The van der Waals surface area contributed by atoms with Crippen molar-refractivity contribution in [1.82, 2.24) is 0 Å². The van der Waals surface area contributed by atoms with E-state index in [-0.39, 0.29) is 11.3 Å². The van der Waals surface area contributed by atoms with Crippen LogP contribution >= 0.6 is 31.9 Å². The molecule has 1 aromatic rings. The predicted molar refractivity (Wildman–Crippen MR) is 68.1 cm³/mol.